The van der Waals surface area contributed by atoms with Crippen molar-refractivity contribution in [3.05, 3.63) is 48.6 Å². The molecule has 0 aliphatic rings. The molecule has 404 valence electrons. The van der Waals surface area contributed by atoms with E-state index in [1.54, 1.807) is 0 Å². The molecule has 5 heteroatoms. The van der Waals surface area contributed by atoms with Gasteiger partial charge in [0.2, 0.25) is 0 Å². The van der Waals surface area contributed by atoms with Gasteiger partial charge in [-0.1, -0.05) is 313 Å². The maximum Gasteiger partial charge on any atom is 0.306 e. The number of hydrogen-bond acceptors (Lipinski definition) is 5. The second-order valence-corrected chi connectivity index (χ2v) is 20.8. The Balaban J connectivity index is 3.40. The summed E-state index contributed by atoms with van der Waals surface area (Å²) in [6.07, 6.45) is 79.8. The molecule has 0 aliphatic carbocycles. The van der Waals surface area contributed by atoms with E-state index in [1.807, 2.05) is 0 Å². The SMILES string of the molecule is CC/C=C\C/C=C\C/C=C\C/C=C\CCCCCCCCCCC(=O)OC(CO)COC(=O)CCCCCCCCCCCCCCCCCCCCCCCCCCCCCCCCCCCC. The van der Waals surface area contributed by atoms with Gasteiger partial charge in [-0.25, -0.2) is 0 Å². The number of unbranched alkanes of at least 4 members (excludes halogenated alkanes) is 41. The minimum Gasteiger partial charge on any atom is -0.462 e. The van der Waals surface area contributed by atoms with E-state index in [1.165, 1.54) is 231 Å². The van der Waals surface area contributed by atoms with Gasteiger partial charge in [0.25, 0.3) is 0 Å². The first-order chi connectivity index (χ1) is 34.1. The van der Waals surface area contributed by atoms with E-state index in [4.69, 9.17) is 9.47 Å². The molecule has 0 fully saturated rings. The highest BCUT2D eigenvalue weighted by atomic mass is 16.6. The van der Waals surface area contributed by atoms with Gasteiger partial charge in [-0.3, -0.25) is 9.59 Å². The Morgan fingerprint density at radius 3 is 0.942 bits per heavy atom. The van der Waals surface area contributed by atoms with E-state index in [9.17, 15) is 14.7 Å². The van der Waals surface area contributed by atoms with Gasteiger partial charge >= 0.3 is 11.9 Å². The van der Waals surface area contributed by atoms with Gasteiger partial charge in [-0.15, -0.1) is 0 Å². The van der Waals surface area contributed by atoms with Crippen molar-refractivity contribution in [2.24, 2.45) is 0 Å². The molecule has 69 heavy (non-hydrogen) atoms. The number of esters is 2. The highest BCUT2D eigenvalue weighted by molar-refractivity contribution is 5.70. The molecule has 0 heterocycles. The van der Waals surface area contributed by atoms with Crippen molar-refractivity contribution in [3.63, 3.8) is 0 Å². The summed E-state index contributed by atoms with van der Waals surface area (Å²) < 4.78 is 10.7. The van der Waals surface area contributed by atoms with Crippen molar-refractivity contribution in [3.8, 4) is 0 Å². The second-order valence-electron chi connectivity index (χ2n) is 20.8. The molecule has 0 aliphatic heterocycles. The molecule has 1 unspecified atom stereocenters. The molecule has 0 aromatic rings. The Labute approximate surface area is 430 Å². The Morgan fingerprint density at radius 2 is 0.623 bits per heavy atom. The van der Waals surface area contributed by atoms with E-state index in [2.05, 4.69) is 62.5 Å². The average Bonchev–Trinajstić information content (AvgIpc) is 3.35. The number of carbonyl (C=O) groups excluding carboxylic acids is 2. The van der Waals surface area contributed by atoms with E-state index >= 15 is 0 Å². The fraction of sp³-hybridized carbons (Fsp3) is 0.844. The van der Waals surface area contributed by atoms with Crippen molar-refractivity contribution in [2.75, 3.05) is 13.2 Å². The maximum absolute atomic E-state index is 12.3. The molecule has 0 saturated heterocycles. The first kappa shape index (κ1) is 66.9. The van der Waals surface area contributed by atoms with Crippen LogP contribution in [-0.4, -0.2) is 36.4 Å². The van der Waals surface area contributed by atoms with Gasteiger partial charge in [0, 0.05) is 12.8 Å². The molecular weight excluding hydrogens is 849 g/mol. The minimum atomic E-state index is -0.777. The molecule has 0 spiro atoms. The predicted octanol–water partition coefficient (Wildman–Crippen LogP) is 20.8. The summed E-state index contributed by atoms with van der Waals surface area (Å²) >= 11 is 0. The fourth-order valence-electron chi connectivity index (χ4n) is 9.32. The van der Waals surface area contributed by atoms with Crippen LogP contribution in [0.3, 0.4) is 0 Å². The maximum atomic E-state index is 12.3. The molecule has 0 amide bonds. The van der Waals surface area contributed by atoms with Crippen LogP contribution in [0.5, 0.6) is 0 Å². The summed E-state index contributed by atoms with van der Waals surface area (Å²) in [4.78, 5) is 24.5. The van der Waals surface area contributed by atoms with Crippen LogP contribution in [0.2, 0.25) is 0 Å². The van der Waals surface area contributed by atoms with Crippen LogP contribution < -0.4 is 0 Å². The first-order valence-electron chi connectivity index (χ1n) is 30.7. The summed E-state index contributed by atoms with van der Waals surface area (Å²) in [5.74, 6) is -0.586. The highest BCUT2D eigenvalue weighted by Gasteiger charge is 2.16. The zero-order chi connectivity index (χ0) is 49.9. The third-order valence-electron chi connectivity index (χ3n) is 13.9. The summed E-state index contributed by atoms with van der Waals surface area (Å²) in [5, 5.41) is 9.66. The number of allylic oxidation sites excluding steroid dienone is 8. The quantitative estimate of drug-likeness (QED) is 0.0373. The number of ether oxygens (including phenoxy) is 2. The molecular formula is C64H118O5. The Bertz CT molecular complexity index is 1140. The molecule has 0 saturated carbocycles. The zero-order valence-electron chi connectivity index (χ0n) is 46.3. The van der Waals surface area contributed by atoms with E-state index in [0.717, 1.165) is 70.6 Å². The van der Waals surface area contributed by atoms with Gasteiger partial charge in [-0.2, -0.15) is 0 Å². The minimum absolute atomic E-state index is 0.0664. The molecule has 0 radical (unpaired) electrons. The lowest BCUT2D eigenvalue weighted by Gasteiger charge is -2.15. The monoisotopic (exact) mass is 967 g/mol. The Hall–Kier alpha value is -2.14. The van der Waals surface area contributed by atoms with Crippen LogP contribution >= 0.6 is 0 Å². The van der Waals surface area contributed by atoms with Gasteiger partial charge in [0.05, 0.1) is 6.61 Å². The summed E-state index contributed by atoms with van der Waals surface area (Å²) in [5.41, 5.74) is 0. The lowest BCUT2D eigenvalue weighted by atomic mass is 10.0. The summed E-state index contributed by atoms with van der Waals surface area (Å²) in [6.45, 7) is 4.07. The van der Waals surface area contributed by atoms with Crippen molar-refractivity contribution in [2.45, 2.75) is 335 Å². The first-order valence-corrected chi connectivity index (χ1v) is 30.7. The fourth-order valence-corrected chi connectivity index (χ4v) is 9.32. The highest BCUT2D eigenvalue weighted by Crippen LogP contribution is 2.18. The van der Waals surface area contributed by atoms with Crippen LogP contribution in [-0.2, 0) is 19.1 Å². The van der Waals surface area contributed by atoms with Crippen molar-refractivity contribution in [1.82, 2.24) is 0 Å². The summed E-state index contributed by atoms with van der Waals surface area (Å²) in [6, 6.07) is 0. The van der Waals surface area contributed by atoms with Crippen molar-refractivity contribution >= 4 is 11.9 Å². The average molecular weight is 968 g/mol. The Kier molecular flexibility index (Phi) is 58.3. The standard InChI is InChI=1S/C64H118O5/c1-3-5-7-9-11-13-15-17-19-21-23-25-26-27-28-29-30-31-32-33-34-35-36-37-39-40-42-44-46-48-50-52-54-56-58-63(66)68-61-62(60-65)69-64(67)59-57-55-53-51-49-47-45-43-41-38-24-22-20-18-16-14-12-10-8-6-4-2/h6,8,12,14,18,20,24,38,62,65H,3-5,7,9-11,13,15-17,19,21-23,25-37,39-61H2,1-2H3/b8-6-,14-12-,20-18-,38-24-. The lowest BCUT2D eigenvalue weighted by molar-refractivity contribution is -0.161. The van der Waals surface area contributed by atoms with Crippen LogP contribution in [0.15, 0.2) is 48.6 Å². The van der Waals surface area contributed by atoms with Crippen LogP contribution in [0.1, 0.15) is 328 Å². The lowest BCUT2D eigenvalue weighted by Crippen LogP contribution is -2.28. The molecule has 0 aromatic heterocycles. The van der Waals surface area contributed by atoms with Gasteiger partial charge < -0.3 is 14.6 Å². The predicted molar refractivity (Wildman–Crippen MR) is 302 cm³/mol. The smallest absolute Gasteiger partial charge is 0.306 e. The van der Waals surface area contributed by atoms with Gasteiger partial charge in [0.15, 0.2) is 6.10 Å². The summed E-state index contributed by atoms with van der Waals surface area (Å²) in [7, 11) is 0. The molecule has 1 N–H and O–H groups in total. The van der Waals surface area contributed by atoms with Gasteiger partial charge in [-0.05, 0) is 51.4 Å². The van der Waals surface area contributed by atoms with Gasteiger partial charge in [0.1, 0.15) is 6.61 Å². The number of hydrogen-bond donors (Lipinski definition) is 1. The van der Waals surface area contributed by atoms with Crippen LogP contribution in [0.4, 0.5) is 0 Å². The normalized spacial score (nSPS) is 12.4. The molecule has 0 aromatic carbocycles. The molecule has 0 bridgehead atoms. The van der Waals surface area contributed by atoms with Crippen molar-refractivity contribution in [1.29, 1.82) is 0 Å². The number of carbonyl (C=O) groups is 2. The van der Waals surface area contributed by atoms with E-state index in [0.29, 0.717) is 12.8 Å². The molecule has 1 atom stereocenters. The zero-order valence-corrected chi connectivity index (χ0v) is 46.3. The van der Waals surface area contributed by atoms with E-state index < -0.39 is 6.10 Å². The number of rotatable bonds is 57. The molecule has 5 nitrogen and oxygen atoms in total. The third kappa shape index (κ3) is 58.3. The third-order valence-corrected chi connectivity index (χ3v) is 13.9. The Morgan fingerprint density at radius 1 is 0.348 bits per heavy atom. The van der Waals surface area contributed by atoms with Crippen molar-refractivity contribution < 1.29 is 24.2 Å². The number of aliphatic hydroxyl groups excluding tert-OH is 1. The molecule has 0 rings (SSSR count). The topological polar surface area (TPSA) is 72.8 Å². The van der Waals surface area contributed by atoms with Crippen LogP contribution in [0.25, 0.3) is 0 Å². The van der Waals surface area contributed by atoms with E-state index in [-0.39, 0.29) is 25.2 Å². The largest absolute Gasteiger partial charge is 0.462 e. The number of aliphatic hydroxyl groups is 1. The second kappa shape index (κ2) is 60.2. The van der Waals surface area contributed by atoms with Crippen LogP contribution in [0, 0.1) is 0 Å².